The number of nitrogens with two attached hydrogens (primary N) is 1. The Labute approximate surface area is 114 Å². The fourth-order valence-corrected chi connectivity index (χ4v) is 1.51. The molecule has 1 amide bonds. The number of aromatic nitrogens is 2. The molecule has 1 aromatic rings. The highest BCUT2D eigenvalue weighted by Crippen LogP contribution is 2.14. The Bertz CT molecular complexity index is 471. The molecule has 114 valence electrons. The van der Waals surface area contributed by atoms with Crippen molar-refractivity contribution in [2.45, 2.75) is 26.6 Å². The minimum atomic E-state index is -4.36. The van der Waals surface area contributed by atoms with Crippen LogP contribution in [0.4, 0.5) is 18.9 Å². The van der Waals surface area contributed by atoms with E-state index < -0.39 is 12.8 Å². The number of carbonyl (C=O) groups excluding carboxylic acids is 1. The Kier molecular flexibility index (Phi) is 5.37. The van der Waals surface area contributed by atoms with Crippen LogP contribution in [0.2, 0.25) is 0 Å². The van der Waals surface area contributed by atoms with E-state index in [2.05, 4.69) is 15.2 Å². The molecule has 6 nitrogen and oxygen atoms in total. The van der Waals surface area contributed by atoms with Crippen LogP contribution in [0.1, 0.15) is 11.4 Å². The lowest BCUT2D eigenvalue weighted by molar-refractivity contribution is -0.173. The molecule has 20 heavy (non-hydrogen) atoms. The molecule has 1 heterocycles. The Hall–Kier alpha value is -1.77. The smallest absolute Gasteiger partial charge is 0.396 e. The van der Waals surface area contributed by atoms with Gasteiger partial charge in [-0.3, -0.25) is 9.48 Å². The van der Waals surface area contributed by atoms with Gasteiger partial charge in [0.15, 0.2) is 0 Å². The first kappa shape index (κ1) is 16.3. The predicted octanol–water partition coefficient (Wildman–Crippen LogP) is 0.777. The number of hydrogen-bond donors (Lipinski definition) is 2. The van der Waals surface area contributed by atoms with Crippen LogP contribution in [0.3, 0.4) is 0 Å². The third-order valence-corrected chi connectivity index (χ3v) is 2.57. The molecular weight excluding hydrogens is 277 g/mol. The summed E-state index contributed by atoms with van der Waals surface area (Å²) in [6.45, 7) is 1.89. The molecule has 0 aromatic carbocycles. The molecule has 9 heteroatoms. The first-order chi connectivity index (χ1) is 9.20. The third-order valence-electron chi connectivity index (χ3n) is 2.57. The van der Waals surface area contributed by atoms with E-state index in [-0.39, 0.29) is 25.6 Å². The molecule has 0 bridgehead atoms. The Morgan fingerprint density at radius 3 is 2.60 bits per heavy atom. The van der Waals surface area contributed by atoms with Gasteiger partial charge in [-0.25, -0.2) is 0 Å². The number of hydrogen-bond acceptors (Lipinski definition) is 4. The number of carbonyl (C=O) groups is 1. The molecule has 0 aliphatic rings. The molecular formula is C11H17F3N4O2. The first-order valence-electron chi connectivity index (χ1n) is 5.91. The highest BCUT2D eigenvalue weighted by molar-refractivity contribution is 5.75. The number of alkyl halides is 3. The largest absolute Gasteiger partial charge is 0.411 e. The van der Waals surface area contributed by atoms with E-state index in [1.165, 1.54) is 4.68 Å². The van der Waals surface area contributed by atoms with Gasteiger partial charge in [-0.15, -0.1) is 0 Å². The predicted molar refractivity (Wildman–Crippen MR) is 66.0 cm³/mol. The summed E-state index contributed by atoms with van der Waals surface area (Å²) in [5.41, 5.74) is 7.54. The molecule has 0 radical (unpaired) electrons. The van der Waals surface area contributed by atoms with Crippen molar-refractivity contribution < 1.29 is 22.7 Å². The number of nitrogen functional groups attached to an aromatic ring is 1. The maximum Gasteiger partial charge on any atom is 0.411 e. The molecule has 3 N–H and O–H groups in total. The molecule has 0 spiro atoms. The Morgan fingerprint density at radius 1 is 1.45 bits per heavy atom. The average molecular weight is 294 g/mol. The van der Waals surface area contributed by atoms with E-state index >= 15 is 0 Å². The zero-order chi connectivity index (χ0) is 15.3. The van der Waals surface area contributed by atoms with Gasteiger partial charge in [0.05, 0.1) is 23.7 Å². The summed E-state index contributed by atoms with van der Waals surface area (Å²) in [7, 11) is 0. The van der Waals surface area contributed by atoms with Crippen molar-refractivity contribution in [3.63, 3.8) is 0 Å². The summed E-state index contributed by atoms with van der Waals surface area (Å²) in [5.74, 6) is -0.369. The molecule has 0 aliphatic heterocycles. The molecule has 0 atom stereocenters. The Balaban J connectivity index is 2.29. The molecule has 1 aromatic heterocycles. The quantitative estimate of drug-likeness (QED) is 0.760. The number of nitrogens with one attached hydrogen (secondary N) is 1. The van der Waals surface area contributed by atoms with E-state index in [1.807, 2.05) is 0 Å². The minimum Gasteiger partial charge on any atom is -0.396 e. The molecule has 1 rings (SSSR count). The van der Waals surface area contributed by atoms with E-state index in [4.69, 9.17) is 5.73 Å². The summed E-state index contributed by atoms with van der Waals surface area (Å²) >= 11 is 0. The molecule has 0 fully saturated rings. The molecule has 0 saturated carbocycles. The average Bonchev–Trinajstić information content (AvgIpc) is 2.55. The lowest BCUT2D eigenvalue weighted by Crippen LogP contribution is -2.32. The number of halogens is 3. The number of anilines is 1. The van der Waals surface area contributed by atoms with Gasteiger partial charge in [0, 0.05) is 6.54 Å². The van der Waals surface area contributed by atoms with Crippen molar-refractivity contribution in [1.82, 2.24) is 15.1 Å². The highest BCUT2D eigenvalue weighted by atomic mass is 19.4. The fraction of sp³-hybridized carbons (Fsp3) is 0.636. The van der Waals surface area contributed by atoms with Crippen molar-refractivity contribution >= 4 is 11.6 Å². The van der Waals surface area contributed by atoms with E-state index in [0.717, 1.165) is 0 Å². The highest BCUT2D eigenvalue weighted by Gasteiger charge is 2.27. The third kappa shape index (κ3) is 5.08. The summed E-state index contributed by atoms with van der Waals surface area (Å²) < 4.78 is 41.1. The zero-order valence-corrected chi connectivity index (χ0v) is 11.3. The van der Waals surface area contributed by atoms with Crippen molar-refractivity contribution in [2.24, 2.45) is 0 Å². The summed E-state index contributed by atoms with van der Waals surface area (Å²) in [6.07, 6.45) is -4.36. The van der Waals surface area contributed by atoms with Crippen molar-refractivity contribution in [2.75, 3.05) is 25.5 Å². The molecule has 0 saturated heterocycles. The second kappa shape index (κ2) is 6.60. The van der Waals surface area contributed by atoms with Crippen molar-refractivity contribution in [1.29, 1.82) is 0 Å². The second-order valence-electron chi connectivity index (χ2n) is 4.26. The van der Waals surface area contributed by atoms with Crippen LogP contribution in [0.15, 0.2) is 0 Å². The molecule has 0 aliphatic carbocycles. The normalized spacial score (nSPS) is 11.7. The standard InChI is InChI=1S/C11H17F3N4O2/c1-7-10(15)8(2)18(17-7)5-9(19)16-3-4-20-6-11(12,13)14/h3-6,15H2,1-2H3,(H,16,19). The lowest BCUT2D eigenvalue weighted by atomic mass is 10.3. The zero-order valence-electron chi connectivity index (χ0n) is 11.3. The van der Waals surface area contributed by atoms with Gasteiger partial charge in [0.2, 0.25) is 5.91 Å². The van der Waals surface area contributed by atoms with Gasteiger partial charge >= 0.3 is 6.18 Å². The first-order valence-corrected chi connectivity index (χ1v) is 5.91. The number of nitrogens with zero attached hydrogens (tertiary/aromatic N) is 2. The van der Waals surface area contributed by atoms with E-state index in [9.17, 15) is 18.0 Å². The lowest BCUT2D eigenvalue weighted by Gasteiger charge is -2.09. The van der Waals surface area contributed by atoms with Gasteiger partial charge in [0.25, 0.3) is 0 Å². The summed E-state index contributed by atoms with van der Waals surface area (Å²) in [4.78, 5) is 11.6. The summed E-state index contributed by atoms with van der Waals surface area (Å²) in [5, 5.41) is 6.52. The maximum absolute atomic E-state index is 11.8. The topological polar surface area (TPSA) is 82.2 Å². The Morgan fingerprint density at radius 2 is 2.10 bits per heavy atom. The second-order valence-corrected chi connectivity index (χ2v) is 4.26. The van der Waals surface area contributed by atoms with Crippen LogP contribution in [0.25, 0.3) is 0 Å². The van der Waals surface area contributed by atoms with Crippen LogP contribution in [-0.2, 0) is 16.1 Å². The fourth-order valence-electron chi connectivity index (χ4n) is 1.51. The number of amides is 1. The van der Waals surface area contributed by atoms with E-state index in [1.54, 1.807) is 13.8 Å². The van der Waals surface area contributed by atoms with Crippen LogP contribution < -0.4 is 11.1 Å². The van der Waals surface area contributed by atoms with Gasteiger partial charge < -0.3 is 15.8 Å². The number of aryl methyl sites for hydroxylation is 1. The van der Waals surface area contributed by atoms with Crippen molar-refractivity contribution in [3.05, 3.63) is 11.4 Å². The summed E-state index contributed by atoms with van der Waals surface area (Å²) in [6, 6.07) is 0. The van der Waals surface area contributed by atoms with Gasteiger partial charge in [-0.05, 0) is 13.8 Å². The minimum absolute atomic E-state index is 0.00366. The van der Waals surface area contributed by atoms with E-state index in [0.29, 0.717) is 17.1 Å². The maximum atomic E-state index is 11.8. The number of ether oxygens (including phenoxy) is 1. The van der Waals surface area contributed by atoms with Crippen molar-refractivity contribution in [3.8, 4) is 0 Å². The van der Waals surface area contributed by atoms with Crippen LogP contribution in [-0.4, -0.2) is 41.6 Å². The van der Waals surface area contributed by atoms with Gasteiger partial charge in [-0.1, -0.05) is 0 Å². The van der Waals surface area contributed by atoms with Gasteiger partial charge in [0.1, 0.15) is 13.2 Å². The van der Waals surface area contributed by atoms with Crippen LogP contribution in [0.5, 0.6) is 0 Å². The van der Waals surface area contributed by atoms with Gasteiger partial charge in [-0.2, -0.15) is 18.3 Å². The molecule has 0 unspecified atom stereocenters. The van der Waals surface area contributed by atoms with Crippen LogP contribution in [0, 0.1) is 13.8 Å². The number of rotatable bonds is 6. The SMILES string of the molecule is Cc1nn(CC(=O)NCCOCC(F)(F)F)c(C)c1N. The monoisotopic (exact) mass is 294 g/mol. The van der Waals surface area contributed by atoms with Crippen LogP contribution >= 0.6 is 0 Å².